The monoisotopic (exact) mass is 1960 g/mol. The van der Waals surface area contributed by atoms with Gasteiger partial charge in [-0.3, -0.25) is 57.5 Å². The average molecular weight is 1960 g/mol. The van der Waals surface area contributed by atoms with Crippen LogP contribution in [0.5, 0.6) is 0 Å². The summed E-state index contributed by atoms with van der Waals surface area (Å²) < 4.78 is 88.0. The second kappa shape index (κ2) is 36.9. The lowest BCUT2D eigenvalue weighted by Crippen LogP contribution is -2.29. The van der Waals surface area contributed by atoms with E-state index in [-0.39, 0.29) is 145 Å². The number of carbonyl (C=O) groups excluding carboxylic acids is 14. The van der Waals surface area contributed by atoms with Gasteiger partial charge in [0.25, 0.3) is 69.5 Å². The van der Waals surface area contributed by atoms with Gasteiger partial charge in [0.05, 0.1) is 141 Å². The van der Waals surface area contributed by atoms with Gasteiger partial charge in [0, 0.05) is 52.2 Å². The SMILES string of the molecule is C#Cc1cccc(-n2c(=O)c3cc4sc5cc6c(=O)n(-c7cc(C#C)cc(C(=O)O)c7)c(=O)c6cc5sc4cc3c2=O)c1.C#Cc1cccc(N2C(=O)c3cc4c(cc3C2=O)S(=O)(=O)c2cc3c(cc2S4(=O)=O)C(=O)N(c2cc(C)cc(C#C)c2)C3=O)c1.C#Cc1cccc(N2C(=O)c3ccc(S(=O)(=O)c4ccc5c(c4)C(=O)N(c4cc(C#C)cc(C(=O)O)c4)C5=O)cc3C2=O)c1.O=C=O.O=C=O.O=C=O. The number of amides is 8. The molecule has 0 spiro atoms. The first kappa shape index (κ1) is 95.8. The van der Waals surface area contributed by atoms with E-state index in [1.807, 2.05) is 0 Å². The van der Waals surface area contributed by atoms with E-state index in [0.717, 1.165) is 86.7 Å². The number of benzene rings is 12. The van der Waals surface area contributed by atoms with Gasteiger partial charge in [0.15, 0.2) is 0 Å². The van der Waals surface area contributed by atoms with Crippen molar-refractivity contribution >= 4 is 193 Å². The molecule has 0 radical (unpaired) electrons. The number of hydrogen-bond acceptors (Lipinski definition) is 28. The highest BCUT2D eigenvalue weighted by Gasteiger charge is 2.49. The van der Waals surface area contributed by atoms with E-state index in [0.29, 0.717) is 42.9 Å². The molecular weight excluding hydrogens is 1920 g/mol. The number of carbonyl (C=O) groups is 10. The van der Waals surface area contributed by atoms with Crippen LogP contribution in [0.25, 0.3) is 51.7 Å². The van der Waals surface area contributed by atoms with Gasteiger partial charge in [-0.05, 0) is 207 Å². The lowest BCUT2D eigenvalue weighted by molar-refractivity contribution is -0.193. The number of aryl methyl sites for hydroxylation is 1. The molecule has 15 aromatic rings. The number of carboxylic acids is 2. The first-order valence-electron chi connectivity index (χ1n) is 39.6. The molecule has 0 unspecified atom stereocenters. The summed E-state index contributed by atoms with van der Waals surface area (Å²) in [4.78, 5) is 232. The van der Waals surface area contributed by atoms with Crippen LogP contribution < -0.4 is 41.8 Å². The molecule has 0 fully saturated rings. The zero-order valence-corrected chi connectivity index (χ0v) is 75.0. The lowest BCUT2D eigenvalue weighted by atomic mass is 10.1. The molecule has 5 aliphatic rings. The summed E-state index contributed by atoms with van der Waals surface area (Å²) in [6, 6.07) is 47.8. The number of anilines is 4. The third kappa shape index (κ3) is 16.4. The fourth-order valence-corrected chi connectivity index (χ4v) is 23.8. The van der Waals surface area contributed by atoms with E-state index >= 15 is 0 Å². The highest BCUT2D eigenvalue weighted by molar-refractivity contribution is 7.97. The van der Waals surface area contributed by atoms with E-state index in [2.05, 4.69) is 35.5 Å². The molecule has 12 aromatic carbocycles. The largest absolute Gasteiger partial charge is 0.478 e. The Hall–Kier alpha value is -19.8. The lowest BCUT2D eigenvalue weighted by Gasteiger charge is -2.21. The van der Waals surface area contributed by atoms with Gasteiger partial charge in [-0.1, -0.05) is 53.7 Å². The number of aromatic carboxylic acids is 2. The number of aromatic nitrogens is 2. The predicted octanol–water partition coefficient (Wildman–Crippen LogP) is 10.1. The number of carboxylic acid groups (broad SMARTS) is 2. The first-order chi connectivity index (χ1) is 67.2. The molecule has 0 aliphatic carbocycles. The molecular formula is C102H46N6O28S5. The molecule has 20 rings (SSSR count). The van der Waals surface area contributed by atoms with Crippen molar-refractivity contribution in [1.29, 1.82) is 0 Å². The highest BCUT2D eigenvalue weighted by atomic mass is 32.2. The Morgan fingerprint density at radius 1 is 0.298 bits per heavy atom. The maximum atomic E-state index is 13.9. The zero-order chi connectivity index (χ0) is 102. The highest BCUT2D eigenvalue weighted by Crippen LogP contribution is 2.47. The minimum atomic E-state index is -4.69. The predicted molar refractivity (Wildman–Crippen MR) is 501 cm³/mol. The quantitative estimate of drug-likeness (QED) is 0.0730. The Labute approximate surface area is 798 Å². The molecule has 0 saturated heterocycles. The van der Waals surface area contributed by atoms with E-state index in [1.165, 1.54) is 114 Å². The van der Waals surface area contributed by atoms with Crippen molar-refractivity contribution in [2.24, 2.45) is 0 Å². The summed E-state index contributed by atoms with van der Waals surface area (Å²) in [5, 5.41) is 19.7. The van der Waals surface area contributed by atoms with Crippen LogP contribution in [0.1, 0.15) is 143 Å². The summed E-state index contributed by atoms with van der Waals surface area (Å²) in [6.07, 6.45) is 33.5. The van der Waals surface area contributed by atoms with Crippen molar-refractivity contribution < 1.29 is 112 Å². The Kier molecular flexibility index (Phi) is 25.1. The van der Waals surface area contributed by atoms with Crippen LogP contribution in [-0.4, -0.2) is 122 Å². The summed E-state index contributed by atoms with van der Waals surface area (Å²) in [7, 11) is -13.7. The Morgan fingerprint density at radius 2 is 0.553 bits per heavy atom. The van der Waals surface area contributed by atoms with E-state index in [1.54, 1.807) is 79.7 Å². The molecule has 682 valence electrons. The van der Waals surface area contributed by atoms with Crippen molar-refractivity contribution in [2.45, 2.75) is 36.3 Å². The Bertz CT molecular complexity index is 9190. The van der Waals surface area contributed by atoms with E-state index in [9.17, 15) is 103 Å². The topological polar surface area (TPSA) is 507 Å². The zero-order valence-electron chi connectivity index (χ0n) is 70.9. The summed E-state index contributed by atoms with van der Waals surface area (Å²) in [5.41, 5.74) is -0.752. The normalized spacial score (nSPS) is 13.3. The molecule has 39 heteroatoms. The Balaban J connectivity index is 0.000000153. The number of nitrogens with zero attached hydrogens (tertiary/aromatic N) is 6. The molecule has 3 aromatic heterocycles. The van der Waals surface area contributed by atoms with Crippen molar-refractivity contribution in [3.8, 4) is 85.4 Å². The van der Waals surface area contributed by atoms with Gasteiger partial charge in [0.2, 0.25) is 29.5 Å². The third-order valence-electron chi connectivity index (χ3n) is 22.2. The van der Waals surface area contributed by atoms with Gasteiger partial charge in [-0.25, -0.2) is 63.6 Å². The van der Waals surface area contributed by atoms with Crippen LogP contribution in [0.4, 0.5) is 22.7 Å². The first-order valence-corrected chi connectivity index (χ1v) is 45.7. The van der Waals surface area contributed by atoms with Gasteiger partial charge >= 0.3 is 30.4 Å². The standard InChI is InChI=1S/C33H16N2O8S2.C33H16N2O8S.C33H14N2O6S2.3CO2/c1-4-18-7-6-8-20(11-18)34-30(36)22-13-26-27(14-23(22)31(34)37)45(42,43)29-16-25-24(15-28(29)44(26,40)41)32(38)35(33(25)39)21-10-17(3)9-19(5-2)12-21;1-3-18-6-5-7-21(13-18)34-29(36)25-10-8-23(16-27(25)31(34)38)44(42,43)24-9-11-26-28(17-24)32(39)35(30(26)37)22-14-19(4-2)12-20(15-22)33(40)41;1-3-16-6-5-7-19(9-16)34-29(36)21-12-25-26(13-22(21)30(34)37)43-28-15-24-23(14-27(28)42-25)31(38)35(32(24)39)20-10-17(4-2)8-18(11-20)33(40)41;3*2-1-3/h1-2,6-16H,3H3;1-2,5-17H,(H,40,41);1-2,5-15H,(H,40,41);;;. The Morgan fingerprint density at radius 3 is 0.872 bits per heavy atom. The average Bonchev–Trinajstić information content (AvgIpc) is 1.65. The second-order valence-corrected chi connectivity index (χ2v) is 38.0. The van der Waals surface area contributed by atoms with Crippen LogP contribution in [0.2, 0.25) is 0 Å². The third-order valence-corrected chi connectivity index (χ3v) is 30.4. The number of imide groups is 4. The minimum absolute atomic E-state index is 0.000333. The maximum absolute atomic E-state index is 13.9. The van der Waals surface area contributed by atoms with Crippen molar-refractivity contribution in [3.63, 3.8) is 0 Å². The van der Waals surface area contributed by atoms with Crippen molar-refractivity contribution in [3.05, 3.63) is 348 Å². The van der Waals surface area contributed by atoms with E-state index < -0.39 is 131 Å². The minimum Gasteiger partial charge on any atom is -0.478 e. The maximum Gasteiger partial charge on any atom is 0.373 e. The van der Waals surface area contributed by atoms with Gasteiger partial charge < -0.3 is 10.2 Å². The number of fused-ring (bicyclic) bond motifs is 10. The molecule has 0 bridgehead atoms. The molecule has 0 saturated carbocycles. The fraction of sp³-hybridized carbons (Fsp3) is 0.00980. The van der Waals surface area contributed by atoms with Crippen molar-refractivity contribution in [2.75, 3.05) is 19.6 Å². The van der Waals surface area contributed by atoms with Crippen LogP contribution in [-0.2, 0) is 58.3 Å². The van der Waals surface area contributed by atoms with Crippen LogP contribution in [0, 0.1) is 81.0 Å². The molecule has 2 N–H and O–H groups in total. The van der Waals surface area contributed by atoms with Crippen molar-refractivity contribution in [1.82, 2.24) is 9.13 Å². The molecule has 34 nitrogen and oxygen atoms in total. The fourth-order valence-electron chi connectivity index (χ4n) is 16.0. The summed E-state index contributed by atoms with van der Waals surface area (Å²) in [6.45, 7) is 1.71. The number of terminal acetylenes is 6. The number of sulfone groups is 3. The van der Waals surface area contributed by atoms with Crippen LogP contribution >= 0.6 is 22.7 Å². The van der Waals surface area contributed by atoms with Gasteiger partial charge in [-0.2, -0.15) is 28.8 Å². The number of hydrogen-bond donors (Lipinski definition) is 2. The molecule has 5 aliphatic heterocycles. The molecule has 8 amide bonds. The smallest absolute Gasteiger partial charge is 0.373 e. The van der Waals surface area contributed by atoms with Gasteiger partial charge in [0.1, 0.15) is 0 Å². The summed E-state index contributed by atoms with van der Waals surface area (Å²) >= 11 is 2.64. The van der Waals surface area contributed by atoms with Crippen LogP contribution in [0.15, 0.2) is 261 Å². The summed E-state index contributed by atoms with van der Waals surface area (Å²) in [5.74, 6) is 5.27. The molecule has 141 heavy (non-hydrogen) atoms. The second-order valence-electron chi connectivity index (χ2n) is 30.2. The van der Waals surface area contributed by atoms with E-state index in [4.69, 9.17) is 67.3 Å². The van der Waals surface area contributed by atoms with Gasteiger partial charge in [-0.15, -0.1) is 61.2 Å². The van der Waals surface area contributed by atoms with Crippen LogP contribution in [0.3, 0.4) is 0 Å². The molecule has 0 atom stereocenters. The molecule has 8 heterocycles. The number of rotatable bonds is 10.